The second kappa shape index (κ2) is 6.54. The Morgan fingerprint density at radius 3 is 2.57 bits per heavy atom. The van der Waals surface area contributed by atoms with E-state index in [1.807, 2.05) is 5.38 Å². The Kier molecular flexibility index (Phi) is 4.51. The van der Waals surface area contributed by atoms with Crippen molar-refractivity contribution in [2.24, 2.45) is 0 Å². The highest BCUT2D eigenvalue weighted by molar-refractivity contribution is 7.08. The monoisotopic (exact) mass is 309 g/mol. The van der Waals surface area contributed by atoms with Crippen molar-refractivity contribution >= 4 is 11.3 Å². The first-order chi connectivity index (χ1) is 10.3. The van der Waals surface area contributed by atoms with E-state index >= 15 is 0 Å². The van der Waals surface area contributed by atoms with Gasteiger partial charge in [-0.1, -0.05) is 6.07 Å². The third-order valence-corrected chi connectivity index (χ3v) is 4.66. The third-order valence-electron chi connectivity index (χ3n) is 3.85. The standard InChI is InChI=1S/C16H17F2NOS/c17-14-2-1-3-15(18)16(14)20-8-12-9-21-10-13(12)11-4-6-19-7-5-11/h1-3,9-11,19H,4-8H2. The molecule has 1 fully saturated rings. The second-order valence-corrected chi connectivity index (χ2v) is 5.96. The molecule has 2 aromatic rings. The van der Waals surface area contributed by atoms with Crippen LogP contribution in [-0.4, -0.2) is 13.1 Å². The molecule has 1 aliphatic rings. The Hall–Kier alpha value is -1.46. The molecule has 0 unspecified atom stereocenters. The SMILES string of the molecule is Fc1cccc(F)c1OCc1cscc1C1CCNCC1. The minimum absolute atomic E-state index is 0.209. The van der Waals surface area contributed by atoms with Gasteiger partial charge in [0.1, 0.15) is 6.61 Å². The Bertz CT molecular complexity index is 588. The van der Waals surface area contributed by atoms with E-state index in [0.29, 0.717) is 5.92 Å². The molecule has 0 saturated carbocycles. The lowest BCUT2D eigenvalue weighted by atomic mass is 9.90. The molecule has 2 nitrogen and oxygen atoms in total. The van der Waals surface area contributed by atoms with Crippen LogP contribution >= 0.6 is 11.3 Å². The van der Waals surface area contributed by atoms with Crippen LogP contribution in [0.1, 0.15) is 29.9 Å². The lowest BCUT2D eigenvalue weighted by Gasteiger charge is -2.23. The summed E-state index contributed by atoms with van der Waals surface area (Å²) >= 11 is 1.62. The Labute approximate surface area is 126 Å². The quantitative estimate of drug-likeness (QED) is 0.919. The fraction of sp³-hybridized carbons (Fsp3) is 0.375. The number of thiophene rings is 1. The summed E-state index contributed by atoms with van der Waals surface area (Å²) in [6.45, 7) is 2.24. The van der Waals surface area contributed by atoms with Gasteiger partial charge in [0.15, 0.2) is 17.4 Å². The number of nitrogens with one attached hydrogen (secondary N) is 1. The number of ether oxygens (including phenoxy) is 1. The van der Waals surface area contributed by atoms with Crippen molar-refractivity contribution in [3.05, 3.63) is 51.7 Å². The molecule has 1 aromatic carbocycles. The van der Waals surface area contributed by atoms with E-state index < -0.39 is 11.6 Å². The van der Waals surface area contributed by atoms with Gasteiger partial charge in [0.2, 0.25) is 0 Å². The highest BCUT2D eigenvalue weighted by atomic mass is 32.1. The maximum atomic E-state index is 13.6. The van der Waals surface area contributed by atoms with Gasteiger partial charge >= 0.3 is 0 Å². The minimum Gasteiger partial charge on any atom is -0.483 e. The van der Waals surface area contributed by atoms with E-state index in [1.165, 1.54) is 23.8 Å². The number of rotatable bonds is 4. The molecule has 1 saturated heterocycles. The normalized spacial score (nSPS) is 16.1. The lowest BCUT2D eigenvalue weighted by Crippen LogP contribution is -2.26. The third kappa shape index (κ3) is 3.24. The first-order valence-electron chi connectivity index (χ1n) is 7.08. The van der Waals surface area contributed by atoms with Crippen molar-refractivity contribution in [1.82, 2.24) is 5.32 Å². The summed E-state index contributed by atoms with van der Waals surface area (Å²) in [6.07, 6.45) is 2.19. The largest absolute Gasteiger partial charge is 0.483 e. The van der Waals surface area contributed by atoms with E-state index in [2.05, 4.69) is 10.7 Å². The zero-order chi connectivity index (χ0) is 14.7. The van der Waals surface area contributed by atoms with Crippen LogP contribution in [0, 0.1) is 11.6 Å². The van der Waals surface area contributed by atoms with Crippen molar-refractivity contribution in [3.8, 4) is 5.75 Å². The summed E-state index contributed by atoms with van der Waals surface area (Å²) < 4.78 is 32.5. The second-order valence-electron chi connectivity index (χ2n) is 5.22. The Balaban J connectivity index is 1.72. The van der Waals surface area contributed by atoms with Gasteiger partial charge in [0.25, 0.3) is 0 Å². The van der Waals surface area contributed by atoms with Crippen LogP contribution in [-0.2, 0) is 6.61 Å². The molecule has 0 radical (unpaired) electrons. The average Bonchev–Trinajstić information content (AvgIpc) is 2.96. The first-order valence-corrected chi connectivity index (χ1v) is 8.02. The molecule has 0 spiro atoms. The molecule has 2 heterocycles. The summed E-state index contributed by atoms with van der Waals surface area (Å²) in [5, 5.41) is 7.48. The van der Waals surface area contributed by atoms with Crippen LogP contribution in [0.2, 0.25) is 0 Å². The molecule has 1 aliphatic heterocycles. The van der Waals surface area contributed by atoms with E-state index in [-0.39, 0.29) is 12.4 Å². The van der Waals surface area contributed by atoms with Crippen LogP contribution in [0.25, 0.3) is 0 Å². The molecule has 0 bridgehead atoms. The van der Waals surface area contributed by atoms with Gasteiger partial charge in [0.05, 0.1) is 0 Å². The molecular formula is C16H17F2NOS. The predicted octanol–water partition coefficient (Wildman–Crippen LogP) is 4.07. The zero-order valence-electron chi connectivity index (χ0n) is 11.6. The van der Waals surface area contributed by atoms with E-state index in [9.17, 15) is 8.78 Å². The van der Waals surface area contributed by atoms with Gasteiger partial charge < -0.3 is 10.1 Å². The Morgan fingerprint density at radius 2 is 1.86 bits per heavy atom. The van der Waals surface area contributed by atoms with Gasteiger partial charge in [0, 0.05) is 5.56 Å². The maximum absolute atomic E-state index is 13.6. The number of para-hydroxylation sites is 1. The molecular weight excluding hydrogens is 292 g/mol. The van der Waals surface area contributed by atoms with Gasteiger partial charge in [-0.15, -0.1) is 0 Å². The van der Waals surface area contributed by atoms with E-state index in [1.54, 1.807) is 11.3 Å². The smallest absolute Gasteiger partial charge is 0.191 e. The summed E-state index contributed by atoms with van der Waals surface area (Å²) in [6, 6.07) is 3.75. The molecule has 0 aliphatic carbocycles. The molecule has 1 aromatic heterocycles. The molecule has 0 atom stereocenters. The highest BCUT2D eigenvalue weighted by Crippen LogP contribution is 2.32. The summed E-state index contributed by atoms with van der Waals surface area (Å²) in [5.41, 5.74) is 2.30. The zero-order valence-corrected chi connectivity index (χ0v) is 12.4. The molecule has 3 rings (SSSR count). The highest BCUT2D eigenvalue weighted by Gasteiger charge is 2.19. The Morgan fingerprint density at radius 1 is 1.14 bits per heavy atom. The van der Waals surface area contributed by atoms with Crippen molar-refractivity contribution in [1.29, 1.82) is 0 Å². The molecule has 21 heavy (non-hydrogen) atoms. The fourth-order valence-corrected chi connectivity index (χ4v) is 3.64. The van der Waals surface area contributed by atoms with Crippen LogP contribution in [0.3, 0.4) is 0 Å². The predicted molar refractivity (Wildman–Crippen MR) is 79.9 cm³/mol. The van der Waals surface area contributed by atoms with Crippen LogP contribution in [0.5, 0.6) is 5.75 Å². The number of hydrogen-bond donors (Lipinski definition) is 1. The van der Waals surface area contributed by atoms with Gasteiger partial charge in [-0.05, 0) is 60.3 Å². The number of piperidine rings is 1. The fourth-order valence-electron chi connectivity index (χ4n) is 2.71. The first kappa shape index (κ1) is 14.5. The summed E-state index contributed by atoms with van der Waals surface area (Å²) in [5.74, 6) is -1.09. The van der Waals surface area contributed by atoms with Crippen LogP contribution in [0.4, 0.5) is 8.78 Å². The molecule has 1 N–H and O–H groups in total. The van der Waals surface area contributed by atoms with E-state index in [4.69, 9.17) is 4.74 Å². The van der Waals surface area contributed by atoms with E-state index in [0.717, 1.165) is 31.5 Å². The van der Waals surface area contributed by atoms with Gasteiger partial charge in [-0.2, -0.15) is 11.3 Å². The van der Waals surface area contributed by atoms with Gasteiger partial charge in [-0.3, -0.25) is 0 Å². The number of hydrogen-bond acceptors (Lipinski definition) is 3. The minimum atomic E-state index is -0.659. The lowest BCUT2D eigenvalue weighted by molar-refractivity contribution is 0.272. The summed E-state index contributed by atoms with van der Waals surface area (Å²) in [7, 11) is 0. The van der Waals surface area contributed by atoms with Crippen molar-refractivity contribution in [2.75, 3.05) is 13.1 Å². The number of halogens is 2. The van der Waals surface area contributed by atoms with Crippen molar-refractivity contribution in [2.45, 2.75) is 25.4 Å². The average molecular weight is 309 g/mol. The number of benzene rings is 1. The summed E-state index contributed by atoms with van der Waals surface area (Å²) in [4.78, 5) is 0. The van der Waals surface area contributed by atoms with Crippen molar-refractivity contribution < 1.29 is 13.5 Å². The van der Waals surface area contributed by atoms with Crippen LogP contribution < -0.4 is 10.1 Å². The van der Waals surface area contributed by atoms with Gasteiger partial charge in [-0.25, -0.2) is 8.78 Å². The topological polar surface area (TPSA) is 21.3 Å². The molecule has 5 heteroatoms. The van der Waals surface area contributed by atoms with Crippen LogP contribution in [0.15, 0.2) is 29.0 Å². The van der Waals surface area contributed by atoms with Crippen molar-refractivity contribution in [3.63, 3.8) is 0 Å². The molecule has 0 amide bonds. The maximum Gasteiger partial charge on any atom is 0.191 e. The molecule has 112 valence electrons.